The number of nitrogens with one attached hydrogen (secondary N) is 1. The predicted molar refractivity (Wildman–Crippen MR) is 117 cm³/mol. The maximum absolute atomic E-state index is 13.8. The lowest BCUT2D eigenvalue weighted by Crippen LogP contribution is -2.50. The summed E-state index contributed by atoms with van der Waals surface area (Å²) in [7, 11) is 0. The van der Waals surface area contributed by atoms with E-state index in [1.807, 2.05) is 4.90 Å². The lowest BCUT2D eigenvalue weighted by molar-refractivity contribution is 0.0529. The van der Waals surface area contributed by atoms with Gasteiger partial charge in [0.15, 0.2) is 11.6 Å². The Bertz CT molecular complexity index is 848. The molecular formula is C23H27ClFN3O2. The van der Waals surface area contributed by atoms with E-state index in [1.165, 1.54) is 6.07 Å². The maximum atomic E-state index is 13.8. The molecule has 160 valence electrons. The average molecular weight is 432 g/mol. The molecule has 2 amide bonds. The molecule has 7 heteroatoms. The summed E-state index contributed by atoms with van der Waals surface area (Å²) in [6.07, 6.45) is 3.78. The number of urea groups is 1. The Hall–Kier alpha value is -2.31. The van der Waals surface area contributed by atoms with Crippen molar-refractivity contribution in [3.05, 3.63) is 59.4 Å². The molecule has 2 heterocycles. The van der Waals surface area contributed by atoms with Gasteiger partial charge in [-0.2, -0.15) is 0 Å². The Morgan fingerprint density at radius 2 is 1.63 bits per heavy atom. The van der Waals surface area contributed by atoms with Gasteiger partial charge in [0.25, 0.3) is 0 Å². The maximum Gasteiger partial charge on any atom is 0.321 e. The molecule has 0 aliphatic carbocycles. The second-order valence-electron chi connectivity index (χ2n) is 7.94. The number of ether oxygens (including phenoxy) is 1. The number of carbonyl (C=O) groups excluding carboxylic acids is 1. The van der Waals surface area contributed by atoms with Crippen LogP contribution in [0.5, 0.6) is 5.75 Å². The molecule has 5 nitrogen and oxygen atoms in total. The van der Waals surface area contributed by atoms with Gasteiger partial charge >= 0.3 is 6.03 Å². The van der Waals surface area contributed by atoms with Crippen LogP contribution in [0.2, 0.25) is 5.02 Å². The Kier molecular flexibility index (Phi) is 6.75. The summed E-state index contributed by atoms with van der Waals surface area (Å²) in [4.78, 5) is 16.9. The van der Waals surface area contributed by atoms with E-state index >= 15 is 0 Å². The first-order valence-corrected chi connectivity index (χ1v) is 10.9. The number of benzene rings is 2. The highest BCUT2D eigenvalue weighted by atomic mass is 35.5. The number of carbonyl (C=O) groups is 1. The summed E-state index contributed by atoms with van der Waals surface area (Å²) < 4.78 is 19.7. The van der Waals surface area contributed by atoms with E-state index in [9.17, 15) is 9.18 Å². The summed E-state index contributed by atoms with van der Waals surface area (Å²) in [5.74, 6) is 0.0418. The lowest BCUT2D eigenvalue weighted by atomic mass is 9.99. The van der Waals surface area contributed by atoms with E-state index in [-0.39, 0.29) is 18.0 Å². The monoisotopic (exact) mass is 431 g/mol. The van der Waals surface area contributed by atoms with Crippen LogP contribution in [-0.2, 0) is 0 Å². The van der Waals surface area contributed by atoms with Crippen molar-refractivity contribution >= 4 is 23.3 Å². The second kappa shape index (κ2) is 9.67. The minimum Gasteiger partial charge on any atom is -0.487 e. The van der Waals surface area contributed by atoms with Crippen molar-refractivity contribution in [1.29, 1.82) is 0 Å². The summed E-state index contributed by atoms with van der Waals surface area (Å²) in [6.45, 7) is 3.38. The van der Waals surface area contributed by atoms with Crippen LogP contribution in [0.15, 0.2) is 48.5 Å². The number of amides is 2. The molecule has 2 aromatic rings. The van der Waals surface area contributed by atoms with Crippen LogP contribution in [0.1, 0.15) is 25.7 Å². The van der Waals surface area contributed by atoms with E-state index in [0.717, 1.165) is 57.5 Å². The molecule has 0 aromatic heterocycles. The highest BCUT2D eigenvalue weighted by Crippen LogP contribution is 2.25. The Labute approximate surface area is 181 Å². The number of anilines is 1. The predicted octanol–water partition coefficient (Wildman–Crippen LogP) is 5.02. The third-order valence-corrected chi connectivity index (χ3v) is 6.22. The highest BCUT2D eigenvalue weighted by molar-refractivity contribution is 6.30. The van der Waals surface area contributed by atoms with E-state index < -0.39 is 0 Å². The molecular weight excluding hydrogens is 405 g/mol. The minimum atomic E-state index is -0.302. The molecule has 30 heavy (non-hydrogen) atoms. The largest absolute Gasteiger partial charge is 0.487 e. The van der Waals surface area contributed by atoms with Crippen LogP contribution >= 0.6 is 11.6 Å². The van der Waals surface area contributed by atoms with Crippen molar-refractivity contribution in [2.45, 2.75) is 37.8 Å². The van der Waals surface area contributed by atoms with Crippen LogP contribution in [0, 0.1) is 5.82 Å². The lowest BCUT2D eigenvalue weighted by Gasteiger charge is -2.41. The van der Waals surface area contributed by atoms with Gasteiger partial charge in [-0.1, -0.05) is 23.7 Å². The van der Waals surface area contributed by atoms with Crippen molar-refractivity contribution in [2.75, 3.05) is 31.5 Å². The molecule has 0 spiro atoms. The molecule has 2 aliphatic rings. The van der Waals surface area contributed by atoms with Gasteiger partial charge in [-0.25, -0.2) is 9.18 Å². The van der Waals surface area contributed by atoms with Crippen molar-refractivity contribution in [3.63, 3.8) is 0 Å². The molecule has 1 N–H and O–H groups in total. The summed E-state index contributed by atoms with van der Waals surface area (Å²) in [5.41, 5.74) is 0.753. The first kappa shape index (κ1) is 20.9. The zero-order valence-electron chi connectivity index (χ0n) is 16.9. The van der Waals surface area contributed by atoms with E-state index in [2.05, 4.69) is 10.2 Å². The SMILES string of the molecule is O=C(Nc1ccc(Cl)cc1)N1CCC(N2CCC(Oc3ccccc3F)CC2)CC1. The number of halogens is 2. The van der Waals surface area contributed by atoms with Gasteiger partial charge in [0.2, 0.25) is 0 Å². The molecule has 2 fully saturated rings. The molecule has 4 rings (SSSR count). The van der Waals surface area contributed by atoms with Gasteiger partial charge in [0.1, 0.15) is 6.10 Å². The molecule has 2 aliphatic heterocycles. The van der Waals surface area contributed by atoms with Gasteiger partial charge in [0.05, 0.1) is 0 Å². The zero-order chi connectivity index (χ0) is 20.9. The number of likely N-dealkylation sites (tertiary alicyclic amines) is 2. The highest BCUT2D eigenvalue weighted by Gasteiger charge is 2.30. The number of rotatable bonds is 4. The number of hydrogen-bond donors (Lipinski definition) is 1. The molecule has 2 aromatic carbocycles. The number of nitrogens with zero attached hydrogens (tertiary/aromatic N) is 2. The quantitative estimate of drug-likeness (QED) is 0.739. The normalized spacial score (nSPS) is 18.9. The van der Waals surface area contributed by atoms with Gasteiger partial charge in [0, 0.05) is 42.9 Å². The summed E-state index contributed by atoms with van der Waals surface area (Å²) in [5, 5.41) is 3.58. The minimum absolute atomic E-state index is 0.0587. The van der Waals surface area contributed by atoms with Crippen molar-refractivity contribution in [3.8, 4) is 5.75 Å². The van der Waals surface area contributed by atoms with Gasteiger partial charge in [-0.05, 0) is 62.1 Å². The van der Waals surface area contributed by atoms with E-state index in [1.54, 1.807) is 42.5 Å². The second-order valence-corrected chi connectivity index (χ2v) is 8.38. The first-order chi connectivity index (χ1) is 14.6. The molecule has 0 unspecified atom stereocenters. The van der Waals surface area contributed by atoms with Crippen LogP contribution in [0.3, 0.4) is 0 Å². The zero-order valence-corrected chi connectivity index (χ0v) is 17.7. The third kappa shape index (κ3) is 5.24. The van der Waals surface area contributed by atoms with E-state index in [0.29, 0.717) is 16.8 Å². The van der Waals surface area contributed by atoms with Crippen molar-refractivity contribution in [2.24, 2.45) is 0 Å². The molecule has 0 radical (unpaired) electrons. The Morgan fingerprint density at radius 1 is 0.967 bits per heavy atom. The summed E-state index contributed by atoms with van der Waals surface area (Å²) >= 11 is 5.89. The first-order valence-electron chi connectivity index (χ1n) is 10.6. The standard InChI is InChI=1S/C23H27ClFN3O2/c24-17-5-7-18(8-6-17)26-23(29)28-13-9-19(10-14-28)27-15-11-20(12-16-27)30-22-4-2-1-3-21(22)25/h1-8,19-20H,9-16H2,(H,26,29). The topological polar surface area (TPSA) is 44.8 Å². The van der Waals surface area contributed by atoms with Crippen molar-refractivity contribution < 1.29 is 13.9 Å². The number of hydrogen-bond acceptors (Lipinski definition) is 3. The number of para-hydroxylation sites is 1. The van der Waals surface area contributed by atoms with Gasteiger partial charge < -0.3 is 15.0 Å². The molecule has 2 saturated heterocycles. The molecule has 0 bridgehead atoms. The molecule has 0 atom stereocenters. The van der Waals surface area contributed by atoms with E-state index in [4.69, 9.17) is 16.3 Å². The fourth-order valence-electron chi connectivity index (χ4n) is 4.25. The fourth-order valence-corrected chi connectivity index (χ4v) is 4.37. The average Bonchev–Trinajstić information content (AvgIpc) is 2.77. The smallest absolute Gasteiger partial charge is 0.321 e. The third-order valence-electron chi connectivity index (χ3n) is 5.97. The Balaban J connectivity index is 1.21. The fraction of sp³-hybridized carbons (Fsp3) is 0.435. The summed E-state index contributed by atoms with van der Waals surface area (Å²) in [6, 6.07) is 14.2. The number of piperidine rings is 2. The van der Waals surface area contributed by atoms with Crippen LogP contribution < -0.4 is 10.1 Å². The van der Waals surface area contributed by atoms with Crippen molar-refractivity contribution in [1.82, 2.24) is 9.80 Å². The van der Waals surface area contributed by atoms with Gasteiger partial charge in [-0.3, -0.25) is 4.90 Å². The van der Waals surface area contributed by atoms with Crippen LogP contribution in [0.25, 0.3) is 0 Å². The molecule has 0 saturated carbocycles. The van der Waals surface area contributed by atoms with Crippen LogP contribution in [-0.4, -0.2) is 54.2 Å². The van der Waals surface area contributed by atoms with Gasteiger partial charge in [-0.15, -0.1) is 0 Å². The van der Waals surface area contributed by atoms with Crippen LogP contribution in [0.4, 0.5) is 14.9 Å². The Morgan fingerprint density at radius 3 is 2.30 bits per heavy atom.